The highest BCUT2D eigenvalue weighted by molar-refractivity contribution is 5.98. The first-order valence-electron chi connectivity index (χ1n) is 5.60. The highest BCUT2D eigenvalue weighted by Gasteiger charge is 2.36. The van der Waals surface area contributed by atoms with Crippen LogP contribution >= 0.6 is 0 Å². The fourth-order valence-corrected chi connectivity index (χ4v) is 2.04. The van der Waals surface area contributed by atoms with Gasteiger partial charge in [0.1, 0.15) is 0 Å². The lowest BCUT2D eigenvalue weighted by Crippen LogP contribution is -2.26. The van der Waals surface area contributed by atoms with E-state index in [1.54, 1.807) is 4.68 Å². The summed E-state index contributed by atoms with van der Waals surface area (Å²) in [6, 6.07) is 1.81. The molecule has 1 aromatic rings. The number of carboxylic acid groups (broad SMARTS) is 1. The Morgan fingerprint density at radius 1 is 1.65 bits per heavy atom. The zero-order chi connectivity index (χ0) is 12.6. The van der Waals surface area contributed by atoms with Gasteiger partial charge in [-0.25, -0.2) is 0 Å². The van der Waals surface area contributed by atoms with Crippen LogP contribution in [-0.2, 0) is 16.1 Å². The van der Waals surface area contributed by atoms with Gasteiger partial charge in [-0.15, -0.1) is 0 Å². The number of amides is 1. The topological polar surface area (TPSA) is 75.4 Å². The van der Waals surface area contributed by atoms with E-state index in [-0.39, 0.29) is 18.9 Å². The number of aryl methyl sites for hydroxylation is 2. The smallest absolute Gasteiger partial charge is 0.308 e. The summed E-state index contributed by atoms with van der Waals surface area (Å²) in [5.41, 5.74) is 0.967. The van der Waals surface area contributed by atoms with E-state index in [9.17, 15) is 9.59 Å². The van der Waals surface area contributed by atoms with Crippen LogP contribution in [0.1, 0.15) is 19.0 Å². The first-order valence-corrected chi connectivity index (χ1v) is 5.60. The molecule has 17 heavy (non-hydrogen) atoms. The molecule has 2 heterocycles. The molecular weight excluding hydrogens is 222 g/mol. The fraction of sp³-hybridized carbons (Fsp3) is 0.545. The zero-order valence-electron chi connectivity index (χ0n) is 9.88. The Kier molecular flexibility index (Phi) is 2.87. The summed E-state index contributed by atoms with van der Waals surface area (Å²) in [6.07, 6.45) is 0.0629. The number of carbonyl (C=O) groups is 2. The lowest BCUT2D eigenvalue weighted by Gasteiger charge is -2.11. The summed E-state index contributed by atoms with van der Waals surface area (Å²) in [7, 11) is 0. The molecule has 1 fully saturated rings. The number of rotatable bonds is 3. The summed E-state index contributed by atoms with van der Waals surface area (Å²) in [6.45, 7) is 4.83. The average molecular weight is 237 g/mol. The van der Waals surface area contributed by atoms with Crippen molar-refractivity contribution in [3.05, 3.63) is 11.8 Å². The van der Waals surface area contributed by atoms with Gasteiger partial charge in [-0.05, 0) is 13.8 Å². The Balaban J connectivity index is 2.22. The van der Waals surface area contributed by atoms with Crippen LogP contribution in [0, 0.1) is 12.8 Å². The number of carboxylic acids is 1. The number of nitrogens with zero attached hydrogens (tertiary/aromatic N) is 3. The summed E-state index contributed by atoms with van der Waals surface area (Å²) in [5, 5.41) is 13.2. The van der Waals surface area contributed by atoms with E-state index in [1.165, 1.54) is 4.90 Å². The normalized spacial score (nSPS) is 20.0. The predicted molar refractivity (Wildman–Crippen MR) is 60.7 cm³/mol. The van der Waals surface area contributed by atoms with Gasteiger partial charge in [0.05, 0.1) is 5.92 Å². The van der Waals surface area contributed by atoms with Crippen LogP contribution in [0.15, 0.2) is 6.07 Å². The third-order valence-electron chi connectivity index (χ3n) is 3.02. The third kappa shape index (κ3) is 2.02. The van der Waals surface area contributed by atoms with Crippen LogP contribution in [0.4, 0.5) is 5.82 Å². The number of hydrogen-bond donors (Lipinski definition) is 1. The molecule has 92 valence electrons. The maximum atomic E-state index is 11.7. The molecule has 0 spiro atoms. The first kappa shape index (κ1) is 11.6. The molecule has 1 aromatic heterocycles. The largest absolute Gasteiger partial charge is 0.481 e. The van der Waals surface area contributed by atoms with Gasteiger partial charge >= 0.3 is 5.97 Å². The molecule has 6 heteroatoms. The van der Waals surface area contributed by atoms with E-state index < -0.39 is 11.9 Å². The second kappa shape index (κ2) is 4.20. The van der Waals surface area contributed by atoms with Crippen molar-refractivity contribution in [2.45, 2.75) is 26.8 Å². The number of carbonyl (C=O) groups excluding carboxylic acids is 1. The Morgan fingerprint density at radius 2 is 2.35 bits per heavy atom. The van der Waals surface area contributed by atoms with Gasteiger partial charge in [0.25, 0.3) is 0 Å². The van der Waals surface area contributed by atoms with Crippen molar-refractivity contribution in [1.29, 1.82) is 0 Å². The van der Waals surface area contributed by atoms with Gasteiger partial charge in [0, 0.05) is 31.3 Å². The van der Waals surface area contributed by atoms with Crippen molar-refractivity contribution < 1.29 is 14.7 Å². The van der Waals surface area contributed by atoms with E-state index in [4.69, 9.17) is 5.11 Å². The van der Waals surface area contributed by atoms with Gasteiger partial charge in [-0.3, -0.25) is 19.2 Å². The molecule has 1 N–H and O–H groups in total. The number of anilines is 1. The van der Waals surface area contributed by atoms with E-state index in [2.05, 4.69) is 5.10 Å². The molecule has 6 nitrogen and oxygen atoms in total. The Hall–Kier alpha value is -1.85. The number of aromatic nitrogens is 2. The lowest BCUT2D eigenvalue weighted by atomic mass is 10.1. The minimum atomic E-state index is -0.924. The average Bonchev–Trinajstić information content (AvgIpc) is 2.81. The van der Waals surface area contributed by atoms with E-state index >= 15 is 0 Å². The van der Waals surface area contributed by atoms with E-state index in [0.29, 0.717) is 5.82 Å². The summed E-state index contributed by atoms with van der Waals surface area (Å²) in [4.78, 5) is 24.0. The van der Waals surface area contributed by atoms with Crippen molar-refractivity contribution in [3.8, 4) is 0 Å². The highest BCUT2D eigenvalue weighted by Crippen LogP contribution is 2.24. The van der Waals surface area contributed by atoms with Crippen LogP contribution in [0.2, 0.25) is 0 Å². The first-order chi connectivity index (χ1) is 8.02. The number of aliphatic carboxylic acids is 1. The molecule has 0 bridgehead atoms. The summed E-state index contributed by atoms with van der Waals surface area (Å²) in [5.74, 6) is -1.15. The van der Waals surface area contributed by atoms with Crippen LogP contribution < -0.4 is 4.90 Å². The SMILES string of the molecule is CCn1nc(N2CC(C(=O)O)CC2=O)cc1C. The van der Waals surface area contributed by atoms with Gasteiger partial charge in [0.2, 0.25) is 5.91 Å². The highest BCUT2D eigenvalue weighted by atomic mass is 16.4. The molecule has 0 saturated carbocycles. The third-order valence-corrected chi connectivity index (χ3v) is 3.02. The van der Waals surface area contributed by atoms with Crippen LogP contribution in [0.25, 0.3) is 0 Å². The molecule has 1 amide bonds. The lowest BCUT2D eigenvalue weighted by molar-refractivity contribution is -0.141. The van der Waals surface area contributed by atoms with Gasteiger partial charge in [-0.2, -0.15) is 5.10 Å². The van der Waals surface area contributed by atoms with E-state index in [1.807, 2.05) is 19.9 Å². The van der Waals surface area contributed by atoms with Crippen molar-refractivity contribution in [3.63, 3.8) is 0 Å². The van der Waals surface area contributed by atoms with Crippen molar-refractivity contribution >= 4 is 17.7 Å². The van der Waals surface area contributed by atoms with Crippen molar-refractivity contribution in [2.24, 2.45) is 5.92 Å². The molecule has 2 rings (SSSR count). The minimum absolute atomic E-state index is 0.0629. The Morgan fingerprint density at radius 3 is 2.82 bits per heavy atom. The molecule has 1 atom stereocenters. The van der Waals surface area contributed by atoms with E-state index in [0.717, 1.165) is 12.2 Å². The molecule has 0 aliphatic carbocycles. The maximum Gasteiger partial charge on any atom is 0.308 e. The standard InChI is InChI=1S/C11H15N3O3/c1-3-14-7(2)4-9(12-14)13-6-8(11(16)17)5-10(13)15/h4,8H,3,5-6H2,1-2H3,(H,16,17). The van der Waals surface area contributed by atoms with Crippen molar-refractivity contribution in [2.75, 3.05) is 11.4 Å². The second-order valence-corrected chi connectivity index (χ2v) is 4.20. The molecule has 1 aliphatic heterocycles. The van der Waals surface area contributed by atoms with Crippen LogP contribution in [-0.4, -0.2) is 33.3 Å². The molecule has 0 radical (unpaired) electrons. The maximum absolute atomic E-state index is 11.7. The minimum Gasteiger partial charge on any atom is -0.481 e. The monoisotopic (exact) mass is 237 g/mol. The molecule has 1 saturated heterocycles. The number of hydrogen-bond acceptors (Lipinski definition) is 3. The van der Waals surface area contributed by atoms with Crippen LogP contribution in [0.5, 0.6) is 0 Å². The quantitative estimate of drug-likeness (QED) is 0.837. The summed E-state index contributed by atoms with van der Waals surface area (Å²) < 4.78 is 1.79. The van der Waals surface area contributed by atoms with Crippen LogP contribution in [0.3, 0.4) is 0 Å². The molecule has 0 aromatic carbocycles. The Labute approximate surface area is 98.8 Å². The van der Waals surface area contributed by atoms with Gasteiger partial charge in [0.15, 0.2) is 5.82 Å². The Bertz CT molecular complexity index is 467. The molecular formula is C11H15N3O3. The fourth-order valence-electron chi connectivity index (χ4n) is 2.04. The molecule has 1 aliphatic rings. The molecule has 1 unspecified atom stereocenters. The summed E-state index contributed by atoms with van der Waals surface area (Å²) >= 11 is 0. The zero-order valence-corrected chi connectivity index (χ0v) is 9.88. The van der Waals surface area contributed by atoms with Gasteiger partial charge < -0.3 is 5.11 Å². The second-order valence-electron chi connectivity index (χ2n) is 4.20. The van der Waals surface area contributed by atoms with Gasteiger partial charge in [-0.1, -0.05) is 0 Å². The van der Waals surface area contributed by atoms with Crippen molar-refractivity contribution in [1.82, 2.24) is 9.78 Å². The predicted octanol–water partition coefficient (Wildman–Crippen LogP) is 0.649.